The number of urea groups is 1. The summed E-state index contributed by atoms with van der Waals surface area (Å²) in [7, 11) is 1.48. The standard InChI is InChI=1S/C19H15IN2O6/c1-27-15-8-11(7-14-17(23)22-19(26)21-14)6-13(20)16(15)28-9-10-3-2-4-12(5-10)18(24)25/h2-8H,9H2,1H3,(H,24,25)(H2,21,22,23,26)/p-1/b14-7-. The summed E-state index contributed by atoms with van der Waals surface area (Å²) < 4.78 is 11.9. The first-order chi connectivity index (χ1) is 13.4. The van der Waals surface area contributed by atoms with Gasteiger partial charge in [0.25, 0.3) is 5.91 Å². The van der Waals surface area contributed by atoms with Gasteiger partial charge in [-0.3, -0.25) is 10.1 Å². The third-order valence-electron chi connectivity index (χ3n) is 3.83. The average Bonchev–Trinajstić information content (AvgIpc) is 2.97. The zero-order chi connectivity index (χ0) is 20.3. The first-order valence-electron chi connectivity index (χ1n) is 8.02. The predicted molar refractivity (Wildman–Crippen MR) is 105 cm³/mol. The zero-order valence-corrected chi connectivity index (χ0v) is 16.7. The fourth-order valence-corrected chi connectivity index (χ4v) is 3.34. The molecule has 1 fully saturated rings. The van der Waals surface area contributed by atoms with Gasteiger partial charge in [0.05, 0.1) is 16.6 Å². The van der Waals surface area contributed by atoms with Crippen molar-refractivity contribution in [1.82, 2.24) is 10.6 Å². The quantitative estimate of drug-likeness (QED) is 0.357. The van der Waals surface area contributed by atoms with Gasteiger partial charge in [-0.15, -0.1) is 0 Å². The van der Waals surface area contributed by atoms with Crippen LogP contribution in [0.15, 0.2) is 42.1 Å². The lowest BCUT2D eigenvalue weighted by atomic mass is 10.1. The van der Waals surface area contributed by atoms with Gasteiger partial charge in [0.15, 0.2) is 11.5 Å². The molecule has 2 aromatic rings. The lowest BCUT2D eigenvalue weighted by molar-refractivity contribution is -0.255. The molecule has 0 bridgehead atoms. The van der Waals surface area contributed by atoms with Crippen molar-refractivity contribution in [3.05, 3.63) is 62.4 Å². The molecule has 3 amide bonds. The number of carbonyl (C=O) groups excluding carboxylic acids is 3. The predicted octanol–water partition coefficient (Wildman–Crippen LogP) is 1.42. The molecular formula is C19H14IN2O6-. The van der Waals surface area contributed by atoms with Gasteiger partial charge >= 0.3 is 6.03 Å². The maximum absolute atomic E-state index is 11.7. The van der Waals surface area contributed by atoms with Crippen LogP contribution in [-0.2, 0) is 11.4 Å². The minimum absolute atomic E-state index is 0.0709. The number of hydrogen-bond donors (Lipinski definition) is 2. The molecule has 1 aliphatic rings. The van der Waals surface area contributed by atoms with Gasteiger partial charge in [0.1, 0.15) is 12.3 Å². The van der Waals surface area contributed by atoms with Gasteiger partial charge in [-0.2, -0.15) is 0 Å². The van der Waals surface area contributed by atoms with E-state index < -0.39 is 17.9 Å². The second kappa shape index (κ2) is 8.30. The number of methoxy groups -OCH3 is 1. The van der Waals surface area contributed by atoms with Crippen molar-refractivity contribution in [2.75, 3.05) is 7.11 Å². The van der Waals surface area contributed by atoms with Crippen molar-refractivity contribution >= 4 is 46.6 Å². The van der Waals surface area contributed by atoms with Crippen LogP contribution in [0.25, 0.3) is 6.08 Å². The number of imide groups is 1. The van der Waals surface area contributed by atoms with Crippen LogP contribution < -0.4 is 25.2 Å². The summed E-state index contributed by atoms with van der Waals surface area (Å²) >= 11 is 2.06. The van der Waals surface area contributed by atoms with E-state index in [0.717, 1.165) is 0 Å². The van der Waals surface area contributed by atoms with Crippen LogP contribution in [0.4, 0.5) is 4.79 Å². The SMILES string of the molecule is COc1cc(/C=C2\NC(=O)NC2=O)cc(I)c1OCc1cccc(C(=O)[O-])c1. The molecule has 9 heteroatoms. The third kappa shape index (κ3) is 4.42. The summed E-state index contributed by atoms with van der Waals surface area (Å²) in [5.74, 6) is -0.856. The van der Waals surface area contributed by atoms with E-state index >= 15 is 0 Å². The van der Waals surface area contributed by atoms with Gasteiger partial charge in [-0.05, 0) is 63.6 Å². The van der Waals surface area contributed by atoms with Crippen molar-refractivity contribution in [3.8, 4) is 11.5 Å². The number of amides is 3. The number of aromatic carboxylic acids is 1. The largest absolute Gasteiger partial charge is 0.545 e. The summed E-state index contributed by atoms with van der Waals surface area (Å²) in [6.07, 6.45) is 1.53. The molecule has 0 saturated carbocycles. The van der Waals surface area contributed by atoms with Crippen LogP contribution in [0.1, 0.15) is 21.5 Å². The molecule has 1 heterocycles. The Kier molecular flexibility index (Phi) is 5.83. The molecule has 0 aromatic heterocycles. The minimum atomic E-state index is -1.26. The molecule has 144 valence electrons. The number of hydrogen-bond acceptors (Lipinski definition) is 6. The Hall–Kier alpha value is -3.08. The highest BCUT2D eigenvalue weighted by Gasteiger charge is 2.23. The van der Waals surface area contributed by atoms with Crippen LogP contribution in [-0.4, -0.2) is 25.0 Å². The molecule has 2 aromatic carbocycles. The normalized spacial score (nSPS) is 14.6. The molecule has 0 radical (unpaired) electrons. The first kappa shape index (κ1) is 19.7. The van der Waals surface area contributed by atoms with Gasteiger partial charge < -0.3 is 24.7 Å². The number of ether oxygens (including phenoxy) is 2. The summed E-state index contributed by atoms with van der Waals surface area (Å²) in [5.41, 5.74) is 1.51. The van der Waals surface area contributed by atoms with E-state index in [4.69, 9.17) is 9.47 Å². The molecule has 1 aliphatic heterocycles. The fourth-order valence-electron chi connectivity index (χ4n) is 2.56. The highest BCUT2D eigenvalue weighted by molar-refractivity contribution is 14.1. The Labute approximate surface area is 173 Å². The molecule has 3 rings (SSSR count). The molecule has 28 heavy (non-hydrogen) atoms. The van der Waals surface area contributed by atoms with Gasteiger partial charge in [-0.25, -0.2) is 4.79 Å². The van der Waals surface area contributed by atoms with Gasteiger partial charge in [0, 0.05) is 0 Å². The van der Waals surface area contributed by atoms with Crippen LogP contribution in [0.3, 0.4) is 0 Å². The van der Waals surface area contributed by atoms with Crippen LogP contribution in [0.5, 0.6) is 11.5 Å². The summed E-state index contributed by atoms with van der Waals surface area (Å²) in [4.78, 5) is 33.8. The van der Waals surface area contributed by atoms with Crippen molar-refractivity contribution < 1.29 is 29.0 Å². The monoisotopic (exact) mass is 493 g/mol. The highest BCUT2D eigenvalue weighted by Crippen LogP contribution is 2.35. The Bertz CT molecular complexity index is 1000. The maximum atomic E-state index is 11.7. The molecule has 0 atom stereocenters. The van der Waals surface area contributed by atoms with Gasteiger partial charge in [-0.1, -0.05) is 18.2 Å². The summed E-state index contributed by atoms with van der Waals surface area (Å²) in [6, 6.07) is 9.14. The Morgan fingerprint density at radius 1 is 1.21 bits per heavy atom. The average molecular weight is 493 g/mol. The summed E-state index contributed by atoms with van der Waals surface area (Å²) in [6.45, 7) is 0.131. The van der Waals surface area contributed by atoms with Crippen LogP contribution in [0, 0.1) is 3.57 Å². The number of carbonyl (C=O) groups is 3. The molecule has 0 aliphatic carbocycles. The van der Waals surface area contributed by atoms with E-state index in [1.807, 2.05) is 0 Å². The Morgan fingerprint density at radius 2 is 2.00 bits per heavy atom. The van der Waals surface area contributed by atoms with Crippen LogP contribution >= 0.6 is 22.6 Å². The first-order valence-corrected chi connectivity index (χ1v) is 9.10. The van der Waals surface area contributed by atoms with E-state index in [9.17, 15) is 19.5 Å². The highest BCUT2D eigenvalue weighted by atomic mass is 127. The second-order valence-electron chi connectivity index (χ2n) is 5.78. The second-order valence-corrected chi connectivity index (χ2v) is 6.94. The molecular weight excluding hydrogens is 479 g/mol. The van der Waals surface area contributed by atoms with E-state index in [1.165, 1.54) is 25.3 Å². The number of benzene rings is 2. The Balaban J connectivity index is 1.83. The number of rotatable bonds is 6. The topological polar surface area (TPSA) is 117 Å². The van der Waals surface area contributed by atoms with E-state index in [0.29, 0.717) is 26.2 Å². The molecule has 2 N–H and O–H groups in total. The molecule has 0 spiro atoms. The van der Waals surface area contributed by atoms with E-state index in [2.05, 4.69) is 33.2 Å². The van der Waals surface area contributed by atoms with Gasteiger partial charge in [0.2, 0.25) is 0 Å². The maximum Gasteiger partial charge on any atom is 0.326 e. The van der Waals surface area contributed by atoms with Crippen molar-refractivity contribution in [3.63, 3.8) is 0 Å². The van der Waals surface area contributed by atoms with Crippen molar-refractivity contribution in [1.29, 1.82) is 0 Å². The van der Waals surface area contributed by atoms with Crippen molar-refractivity contribution in [2.24, 2.45) is 0 Å². The number of nitrogens with one attached hydrogen (secondary N) is 2. The number of carboxylic acid groups (broad SMARTS) is 1. The summed E-state index contributed by atoms with van der Waals surface area (Å²) in [5, 5.41) is 15.5. The molecule has 8 nitrogen and oxygen atoms in total. The van der Waals surface area contributed by atoms with E-state index in [-0.39, 0.29) is 17.9 Å². The smallest absolute Gasteiger partial charge is 0.326 e. The van der Waals surface area contributed by atoms with Crippen LogP contribution in [0.2, 0.25) is 0 Å². The molecule has 1 saturated heterocycles. The van der Waals surface area contributed by atoms with E-state index in [1.54, 1.807) is 24.3 Å². The lowest BCUT2D eigenvalue weighted by Gasteiger charge is -2.14. The van der Waals surface area contributed by atoms with Crippen molar-refractivity contribution in [2.45, 2.75) is 6.61 Å². The number of halogens is 1. The minimum Gasteiger partial charge on any atom is -0.545 e. The number of carboxylic acids is 1. The molecule has 0 unspecified atom stereocenters. The third-order valence-corrected chi connectivity index (χ3v) is 4.63. The fraction of sp³-hybridized carbons (Fsp3) is 0.105. The lowest BCUT2D eigenvalue weighted by Crippen LogP contribution is -2.22. The Morgan fingerprint density at radius 3 is 2.64 bits per heavy atom. The zero-order valence-electron chi connectivity index (χ0n) is 14.6.